The maximum Gasteiger partial charge on any atom is 0.426 e. The fourth-order valence-electron chi connectivity index (χ4n) is 3.25. The third kappa shape index (κ3) is 4.94. The Balaban J connectivity index is 2.10. The number of ketones is 1. The zero-order valence-corrected chi connectivity index (χ0v) is 20.0. The van der Waals surface area contributed by atoms with E-state index in [4.69, 9.17) is 0 Å². The lowest BCUT2D eigenvalue weighted by Gasteiger charge is -2.25. The van der Waals surface area contributed by atoms with Gasteiger partial charge in [0.1, 0.15) is 0 Å². The first-order chi connectivity index (χ1) is 15.9. The number of nitrogens with one attached hydrogen (secondary N) is 2. The van der Waals surface area contributed by atoms with E-state index < -0.39 is 60.6 Å². The molecule has 12 heteroatoms. The van der Waals surface area contributed by atoms with Crippen molar-refractivity contribution in [2.45, 2.75) is 50.1 Å². The zero-order valence-electron chi connectivity index (χ0n) is 19.2. The van der Waals surface area contributed by atoms with Crippen molar-refractivity contribution in [2.75, 3.05) is 10.6 Å². The van der Waals surface area contributed by atoms with Gasteiger partial charge in [0.15, 0.2) is 15.6 Å². The van der Waals surface area contributed by atoms with Gasteiger partial charge in [0.05, 0.1) is 21.9 Å². The number of benzene rings is 2. The van der Waals surface area contributed by atoms with Gasteiger partial charge in [0.2, 0.25) is 11.5 Å². The van der Waals surface area contributed by atoms with Crippen molar-refractivity contribution in [1.82, 2.24) is 0 Å². The van der Waals surface area contributed by atoms with E-state index in [1.165, 1.54) is 18.2 Å². The van der Waals surface area contributed by atoms with Crippen LogP contribution in [0.4, 0.5) is 24.5 Å². The zero-order chi connectivity index (χ0) is 26.6. The van der Waals surface area contributed by atoms with Gasteiger partial charge in [0, 0.05) is 16.7 Å². The molecule has 1 unspecified atom stereocenters. The summed E-state index contributed by atoms with van der Waals surface area (Å²) in [6.07, 6.45) is -5.32. The molecule has 3 N–H and O–H groups in total. The summed E-state index contributed by atoms with van der Waals surface area (Å²) in [5.74, 6) is -3.70. The summed E-state index contributed by atoms with van der Waals surface area (Å²) in [6, 6.07) is 7.37. The van der Waals surface area contributed by atoms with Gasteiger partial charge in [-0.15, -0.1) is 0 Å². The second-order valence-electron chi connectivity index (χ2n) is 9.37. The molecule has 0 bridgehead atoms. The van der Waals surface area contributed by atoms with Crippen LogP contribution in [0.25, 0.3) is 0 Å². The van der Waals surface area contributed by atoms with Crippen LogP contribution in [-0.4, -0.2) is 42.9 Å². The molecule has 35 heavy (non-hydrogen) atoms. The second-order valence-corrected chi connectivity index (χ2v) is 11.3. The molecule has 1 atom stereocenters. The molecule has 1 aliphatic heterocycles. The second kappa shape index (κ2) is 8.45. The molecular formula is C23H23F3N2O6S. The number of hydrogen-bond donors (Lipinski definition) is 3. The molecule has 0 fully saturated rings. The minimum absolute atomic E-state index is 0.0645. The molecule has 0 radical (unpaired) electrons. The van der Waals surface area contributed by atoms with E-state index in [1.54, 1.807) is 20.8 Å². The largest absolute Gasteiger partial charge is 0.426 e. The predicted molar refractivity (Wildman–Crippen MR) is 121 cm³/mol. The molecule has 2 aromatic rings. The van der Waals surface area contributed by atoms with Crippen LogP contribution in [0.3, 0.4) is 0 Å². The van der Waals surface area contributed by atoms with Gasteiger partial charge in [0.25, 0.3) is 5.91 Å². The summed E-state index contributed by atoms with van der Waals surface area (Å²) in [5.41, 5.74) is -5.29. The summed E-state index contributed by atoms with van der Waals surface area (Å²) < 4.78 is 65.5. The lowest BCUT2D eigenvalue weighted by molar-refractivity contribution is -0.242. The van der Waals surface area contributed by atoms with Crippen LogP contribution in [0.15, 0.2) is 41.3 Å². The highest BCUT2D eigenvalue weighted by atomic mass is 32.2. The first-order valence-corrected chi connectivity index (χ1v) is 12.0. The molecule has 2 aromatic carbocycles. The molecule has 0 aliphatic carbocycles. The SMILES string of the molecule is CC(C)(C)C(=O)Nc1ccc2c(c1)CS(=O)(=O)c1cccc(NC(=O)C(C)(O)C(F)(F)F)c1C2=O. The molecular weight excluding hydrogens is 489 g/mol. The minimum atomic E-state index is -5.32. The van der Waals surface area contributed by atoms with E-state index in [0.717, 1.165) is 18.2 Å². The highest BCUT2D eigenvalue weighted by molar-refractivity contribution is 7.90. The van der Waals surface area contributed by atoms with Gasteiger partial charge in [-0.25, -0.2) is 8.42 Å². The molecule has 0 spiro atoms. The van der Waals surface area contributed by atoms with E-state index in [2.05, 4.69) is 5.32 Å². The van der Waals surface area contributed by atoms with E-state index in [0.29, 0.717) is 0 Å². The van der Waals surface area contributed by atoms with Crippen LogP contribution in [0, 0.1) is 5.41 Å². The summed E-state index contributed by atoms with van der Waals surface area (Å²) in [5, 5.41) is 14.1. The minimum Gasteiger partial charge on any atom is -0.373 e. The number of fused-ring (bicyclic) bond motifs is 2. The lowest BCUT2D eigenvalue weighted by Crippen LogP contribution is -2.52. The van der Waals surface area contributed by atoms with Gasteiger partial charge in [-0.2, -0.15) is 13.2 Å². The Kier molecular flexibility index (Phi) is 6.36. The Hall–Kier alpha value is -3.25. The van der Waals surface area contributed by atoms with Crippen LogP contribution >= 0.6 is 0 Å². The van der Waals surface area contributed by atoms with Crippen molar-refractivity contribution in [3.63, 3.8) is 0 Å². The molecule has 0 saturated heterocycles. The van der Waals surface area contributed by atoms with Crippen molar-refractivity contribution in [2.24, 2.45) is 5.41 Å². The first kappa shape index (κ1) is 26.4. The average molecular weight is 513 g/mol. The number of rotatable bonds is 3. The molecule has 3 rings (SSSR count). The quantitative estimate of drug-likeness (QED) is 0.578. The molecule has 1 heterocycles. The maximum atomic E-state index is 13.4. The van der Waals surface area contributed by atoms with Crippen molar-refractivity contribution in [3.8, 4) is 0 Å². The van der Waals surface area contributed by atoms with Crippen LogP contribution in [0.2, 0.25) is 0 Å². The predicted octanol–water partition coefficient (Wildman–Crippen LogP) is 3.44. The smallest absolute Gasteiger partial charge is 0.373 e. The van der Waals surface area contributed by atoms with Gasteiger partial charge in [-0.1, -0.05) is 26.8 Å². The van der Waals surface area contributed by atoms with Crippen LogP contribution in [0.1, 0.15) is 49.2 Å². The summed E-state index contributed by atoms with van der Waals surface area (Å²) in [6.45, 7) is 5.29. The molecule has 2 amide bonds. The first-order valence-electron chi connectivity index (χ1n) is 10.3. The number of carbonyl (C=O) groups is 3. The Morgan fingerprint density at radius 3 is 2.17 bits per heavy atom. The molecule has 0 aromatic heterocycles. The number of carbonyl (C=O) groups excluding carboxylic acids is 3. The van der Waals surface area contributed by atoms with Crippen molar-refractivity contribution in [3.05, 3.63) is 53.1 Å². The summed E-state index contributed by atoms with van der Waals surface area (Å²) in [4.78, 5) is 37.4. The van der Waals surface area contributed by atoms with Gasteiger partial charge in [-0.3, -0.25) is 14.4 Å². The van der Waals surface area contributed by atoms with Crippen LogP contribution in [-0.2, 0) is 25.2 Å². The standard InChI is InChI=1S/C23H23F3N2O6S/c1-21(2,3)19(30)27-13-8-9-14-12(10-13)11-35(33,34)16-7-5-6-15(17(16)18(14)29)28-20(31)22(4,32)23(24,25)26/h5-10,32H,11H2,1-4H3,(H,27,30)(H,28,31). The van der Waals surface area contributed by atoms with Gasteiger partial charge in [-0.05, 0) is 42.8 Å². The fourth-order valence-corrected chi connectivity index (χ4v) is 4.85. The highest BCUT2D eigenvalue weighted by Gasteiger charge is 2.56. The third-order valence-electron chi connectivity index (χ3n) is 5.47. The van der Waals surface area contributed by atoms with Gasteiger partial charge < -0.3 is 15.7 Å². The van der Waals surface area contributed by atoms with Crippen molar-refractivity contribution in [1.29, 1.82) is 0 Å². The molecule has 188 valence electrons. The van der Waals surface area contributed by atoms with E-state index in [9.17, 15) is 41.1 Å². The number of alkyl halides is 3. The Bertz CT molecular complexity index is 1340. The average Bonchev–Trinajstić information content (AvgIpc) is 2.79. The maximum absolute atomic E-state index is 13.4. The van der Waals surface area contributed by atoms with E-state index in [1.807, 2.05) is 5.32 Å². The fraction of sp³-hybridized carbons (Fsp3) is 0.348. The Morgan fingerprint density at radius 1 is 0.971 bits per heavy atom. The van der Waals surface area contributed by atoms with Crippen molar-refractivity contribution >= 4 is 38.8 Å². The van der Waals surface area contributed by atoms with Gasteiger partial charge >= 0.3 is 6.18 Å². The van der Waals surface area contributed by atoms with Crippen LogP contribution in [0.5, 0.6) is 0 Å². The Labute approximate surface area is 199 Å². The molecule has 8 nitrogen and oxygen atoms in total. The lowest BCUT2D eigenvalue weighted by atomic mass is 9.94. The third-order valence-corrected chi connectivity index (χ3v) is 7.17. The molecule has 0 saturated carbocycles. The Morgan fingerprint density at radius 2 is 1.60 bits per heavy atom. The number of anilines is 2. The highest BCUT2D eigenvalue weighted by Crippen LogP contribution is 2.37. The van der Waals surface area contributed by atoms with E-state index in [-0.39, 0.29) is 29.6 Å². The number of sulfone groups is 1. The monoisotopic (exact) mass is 512 g/mol. The number of hydrogen-bond acceptors (Lipinski definition) is 6. The summed E-state index contributed by atoms with van der Waals surface area (Å²) >= 11 is 0. The number of amides is 2. The van der Waals surface area contributed by atoms with E-state index >= 15 is 0 Å². The normalized spacial score (nSPS) is 16.9. The number of halogens is 3. The van der Waals surface area contributed by atoms with Crippen molar-refractivity contribution < 1.29 is 41.1 Å². The number of aliphatic hydroxyl groups is 1. The topological polar surface area (TPSA) is 130 Å². The van der Waals surface area contributed by atoms with Crippen LogP contribution < -0.4 is 10.6 Å². The summed E-state index contributed by atoms with van der Waals surface area (Å²) in [7, 11) is -4.19. The molecule has 1 aliphatic rings.